The molecule has 0 radical (unpaired) electrons. The van der Waals surface area contributed by atoms with Crippen molar-refractivity contribution in [2.45, 2.75) is 19.3 Å². The van der Waals surface area contributed by atoms with Crippen LogP contribution in [-0.4, -0.2) is 18.9 Å². The molecule has 0 unspecified atom stereocenters. The normalized spacial score (nSPS) is 8.85. The molecule has 0 aromatic heterocycles. The number of methoxy groups -OCH3 is 1. The number of carbonyl (C=O) groups excluding carboxylic acids is 2. The predicted octanol–water partition coefficient (Wildman–Crippen LogP) is 2.87. The first-order valence-electron chi connectivity index (χ1n) is 6.18. The average Bonchev–Trinajstić information content (AvgIpc) is 3.11. The third-order valence-corrected chi connectivity index (χ3v) is 2.55. The summed E-state index contributed by atoms with van der Waals surface area (Å²) < 4.78 is 4.40. The van der Waals surface area contributed by atoms with Gasteiger partial charge >= 0.3 is 23.0 Å². The standard InChI is InChI=1S/C11H13O3.C5H5.Fe/c1-14-11(13)8-10(12)7-6-9-4-2-3-5-9;1-2-4-5-3-1;/h2-5H,6-8H2,1H3;1-5H;/q2*-1;+2. The van der Waals surface area contributed by atoms with Crippen molar-refractivity contribution in [2.24, 2.45) is 0 Å². The molecule has 2 rings (SSSR count). The minimum atomic E-state index is -0.461. The third-order valence-electron chi connectivity index (χ3n) is 2.55. The molecule has 0 spiro atoms. The van der Waals surface area contributed by atoms with Gasteiger partial charge in [0.15, 0.2) is 0 Å². The molecule has 0 aliphatic rings. The number of Topliss-reactive ketones (excluding diaryl/α,β-unsaturated/α-hetero) is 1. The van der Waals surface area contributed by atoms with E-state index in [9.17, 15) is 9.59 Å². The van der Waals surface area contributed by atoms with Gasteiger partial charge in [-0.1, -0.05) is 6.42 Å². The number of carbonyl (C=O) groups is 2. The van der Waals surface area contributed by atoms with E-state index in [1.807, 2.05) is 54.6 Å². The van der Waals surface area contributed by atoms with E-state index in [0.29, 0.717) is 12.8 Å². The molecule has 0 fully saturated rings. The Labute approximate surface area is 130 Å². The summed E-state index contributed by atoms with van der Waals surface area (Å²) in [7, 11) is 1.28. The van der Waals surface area contributed by atoms with E-state index in [2.05, 4.69) is 4.74 Å². The number of hydrogen-bond donors (Lipinski definition) is 0. The zero-order valence-electron chi connectivity index (χ0n) is 11.4. The van der Waals surface area contributed by atoms with Crippen molar-refractivity contribution in [2.75, 3.05) is 7.11 Å². The van der Waals surface area contributed by atoms with E-state index in [1.165, 1.54) is 7.11 Å². The number of hydrogen-bond acceptors (Lipinski definition) is 3. The van der Waals surface area contributed by atoms with Crippen LogP contribution in [0.1, 0.15) is 18.4 Å². The van der Waals surface area contributed by atoms with Crippen molar-refractivity contribution in [3.63, 3.8) is 0 Å². The van der Waals surface area contributed by atoms with Gasteiger partial charge in [0, 0.05) is 6.42 Å². The monoisotopic (exact) mass is 314 g/mol. The van der Waals surface area contributed by atoms with Crippen LogP contribution >= 0.6 is 0 Å². The maximum absolute atomic E-state index is 11.2. The SMILES string of the molecule is COC(=O)CC(=O)CC[c-]1cccc1.[Fe+2].c1cc[cH-]c1. The summed E-state index contributed by atoms with van der Waals surface area (Å²) >= 11 is 0. The van der Waals surface area contributed by atoms with E-state index in [0.717, 1.165) is 5.56 Å². The fraction of sp³-hybridized carbons (Fsp3) is 0.250. The Morgan fingerprint density at radius 2 is 1.70 bits per heavy atom. The van der Waals surface area contributed by atoms with Gasteiger partial charge in [0.1, 0.15) is 12.2 Å². The van der Waals surface area contributed by atoms with Gasteiger partial charge in [0.2, 0.25) is 0 Å². The summed E-state index contributed by atoms with van der Waals surface area (Å²) in [6, 6.07) is 17.8. The molecule has 2 aromatic carbocycles. The summed E-state index contributed by atoms with van der Waals surface area (Å²) in [5.74, 6) is -0.532. The maximum atomic E-state index is 11.2. The van der Waals surface area contributed by atoms with Gasteiger partial charge in [-0.05, 0) is 0 Å². The molecule has 0 bridgehead atoms. The van der Waals surface area contributed by atoms with E-state index in [1.54, 1.807) is 0 Å². The van der Waals surface area contributed by atoms with Crippen molar-refractivity contribution in [1.29, 1.82) is 0 Å². The van der Waals surface area contributed by atoms with Crippen LogP contribution in [0.15, 0.2) is 54.6 Å². The molecular weight excluding hydrogens is 296 g/mol. The molecule has 3 nitrogen and oxygen atoms in total. The molecule has 0 saturated carbocycles. The molecule has 0 aliphatic carbocycles. The van der Waals surface area contributed by atoms with Crippen LogP contribution in [0, 0.1) is 0 Å². The second kappa shape index (κ2) is 11.2. The first kappa shape index (κ1) is 18.4. The smallest absolute Gasteiger partial charge is 0.469 e. The minimum absolute atomic E-state index is 0. The maximum Gasteiger partial charge on any atom is 2.00 e. The number of ketones is 1. The number of rotatable bonds is 5. The number of aryl methyl sites for hydroxylation is 1. The zero-order valence-corrected chi connectivity index (χ0v) is 12.5. The van der Waals surface area contributed by atoms with Crippen molar-refractivity contribution in [3.05, 3.63) is 60.2 Å². The largest absolute Gasteiger partial charge is 2.00 e. The van der Waals surface area contributed by atoms with Gasteiger partial charge in [0.25, 0.3) is 0 Å². The van der Waals surface area contributed by atoms with Gasteiger partial charge in [0.05, 0.1) is 7.11 Å². The van der Waals surface area contributed by atoms with Gasteiger partial charge in [-0.25, -0.2) is 24.3 Å². The quantitative estimate of drug-likeness (QED) is 0.369. The van der Waals surface area contributed by atoms with Gasteiger partial charge < -0.3 is 4.74 Å². The topological polar surface area (TPSA) is 43.4 Å². The van der Waals surface area contributed by atoms with Crippen LogP contribution in [0.3, 0.4) is 0 Å². The molecule has 0 amide bonds. The number of esters is 1. The molecule has 0 heterocycles. The second-order valence-corrected chi connectivity index (χ2v) is 4.05. The average molecular weight is 314 g/mol. The van der Waals surface area contributed by atoms with Crippen LogP contribution in [0.2, 0.25) is 0 Å². The van der Waals surface area contributed by atoms with Crippen molar-refractivity contribution >= 4 is 11.8 Å². The fourth-order valence-corrected chi connectivity index (χ4v) is 1.51. The molecular formula is C16H18FeO3. The first-order chi connectivity index (χ1) is 9.22. The third kappa shape index (κ3) is 8.46. The molecule has 2 aromatic rings. The number of ether oxygens (including phenoxy) is 1. The summed E-state index contributed by atoms with van der Waals surface area (Å²) in [4.78, 5) is 21.9. The second-order valence-electron chi connectivity index (χ2n) is 4.05. The van der Waals surface area contributed by atoms with Crippen LogP contribution < -0.4 is 0 Å². The van der Waals surface area contributed by atoms with E-state index in [4.69, 9.17) is 0 Å². The van der Waals surface area contributed by atoms with Gasteiger partial charge in [-0.2, -0.15) is 35.9 Å². The molecule has 0 aliphatic heterocycles. The summed E-state index contributed by atoms with van der Waals surface area (Å²) in [5, 5.41) is 0. The summed E-state index contributed by atoms with van der Waals surface area (Å²) in [6.45, 7) is 0. The summed E-state index contributed by atoms with van der Waals surface area (Å²) in [6.07, 6.45) is 0.985. The molecule has 0 N–H and O–H groups in total. The molecule has 20 heavy (non-hydrogen) atoms. The van der Waals surface area contributed by atoms with Crippen LogP contribution in [0.5, 0.6) is 0 Å². The fourth-order valence-electron chi connectivity index (χ4n) is 1.51. The Balaban J connectivity index is 0.000000507. The van der Waals surface area contributed by atoms with Gasteiger partial charge in [-0.15, -0.1) is 0 Å². The van der Waals surface area contributed by atoms with Crippen molar-refractivity contribution < 1.29 is 31.4 Å². The van der Waals surface area contributed by atoms with E-state index >= 15 is 0 Å². The molecule has 4 heteroatoms. The molecule has 0 atom stereocenters. The van der Waals surface area contributed by atoms with Crippen LogP contribution in [-0.2, 0) is 37.8 Å². The molecule has 108 valence electrons. The van der Waals surface area contributed by atoms with Crippen LogP contribution in [0.4, 0.5) is 0 Å². The van der Waals surface area contributed by atoms with Crippen molar-refractivity contribution in [3.8, 4) is 0 Å². The zero-order chi connectivity index (χ0) is 13.9. The molecule has 0 saturated heterocycles. The predicted molar refractivity (Wildman–Crippen MR) is 74.0 cm³/mol. The first-order valence-corrected chi connectivity index (χ1v) is 6.18. The summed E-state index contributed by atoms with van der Waals surface area (Å²) in [5.41, 5.74) is 1.13. The Bertz CT molecular complexity index is 441. The van der Waals surface area contributed by atoms with E-state index in [-0.39, 0.29) is 29.3 Å². The van der Waals surface area contributed by atoms with E-state index < -0.39 is 5.97 Å². The minimum Gasteiger partial charge on any atom is -0.469 e. The Kier molecular flexibility index (Phi) is 10.3. The Morgan fingerprint density at radius 1 is 1.10 bits per heavy atom. The van der Waals surface area contributed by atoms with Crippen LogP contribution in [0.25, 0.3) is 0 Å². The Hall–Kier alpha value is -1.64. The van der Waals surface area contributed by atoms with Gasteiger partial charge in [-0.3, -0.25) is 9.59 Å². The Morgan fingerprint density at radius 3 is 2.15 bits per heavy atom. The van der Waals surface area contributed by atoms with Crippen molar-refractivity contribution in [1.82, 2.24) is 0 Å².